The highest BCUT2D eigenvalue weighted by Crippen LogP contribution is 2.85. The van der Waals surface area contributed by atoms with Crippen molar-refractivity contribution in [1.29, 1.82) is 0 Å². The number of aliphatic hydroxyl groups excluding tert-OH is 1. The van der Waals surface area contributed by atoms with Crippen LogP contribution in [0, 0.1) is 28.1 Å². The highest BCUT2D eigenvalue weighted by molar-refractivity contribution is 5.92. The number of rotatable bonds is 2. The van der Waals surface area contributed by atoms with E-state index in [0.717, 1.165) is 0 Å². The van der Waals surface area contributed by atoms with Crippen molar-refractivity contribution in [3.63, 3.8) is 0 Å². The molecule has 6 aliphatic rings. The molecular weight excluding hydrogens is 408 g/mol. The second kappa shape index (κ2) is 5.44. The van der Waals surface area contributed by atoms with Gasteiger partial charge in [-0.25, -0.2) is 4.79 Å². The first kappa shape index (κ1) is 20.4. The average Bonchev–Trinajstić information content (AvgIpc) is 3.39. The number of ether oxygens (including phenoxy) is 6. The molecule has 4 saturated heterocycles. The summed E-state index contributed by atoms with van der Waals surface area (Å²) in [5.41, 5.74) is -4.96. The summed E-state index contributed by atoms with van der Waals surface area (Å²) in [7, 11) is 3.03. The Balaban J connectivity index is 1.69. The van der Waals surface area contributed by atoms with Crippen LogP contribution >= 0.6 is 0 Å². The summed E-state index contributed by atoms with van der Waals surface area (Å²) >= 11 is 0. The van der Waals surface area contributed by atoms with Crippen LogP contribution in [0.1, 0.15) is 40.5 Å². The first-order valence-electron chi connectivity index (χ1n) is 11.0. The number of hydrogen-bond donors (Lipinski definition) is 1. The van der Waals surface area contributed by atoms with Crippen LogP contribution in [0.4, 0.5) is 0 Å². The molecule has 0 aromatic rings. The second-order valence-corrected chi connectivity index (χ2v) is 11.1. The van der Waals surface area contributed by atoms with Gasteiger partial charge in [0.2, 0.25) is 5.60 Å². The quantitative estimate of drug-likeness (QED) is 0.625. The highest BCUT2D eigenvalue weighted by Gasteiger charge is 3.01. The van der Waals surface area contributed by atoms with Crippen molar-refractivity contribution in [2.75, 3.05) is 14.2 Å². The van der Waals surface area contributed by atoms with Crippen LogP contribution in [0.3, 0.4) is 0 Å². The first-order chi connectivity index (χ1) is 14.5. The van der Waals surface area contributed by atoms with Crippen LogP contribution in [0.15, 0.2) is 0 Å². The lowest BCUT2D eigenvalue weighted by Gasteiger charge is -2.49. The van der Waals surface area contributed by atoms with Gasteiger partial charge in [-0.05, 0) is 24.7 Å². The molecule has 11 atom stereocenters. The molecule has 2 spiro atoms. The van der Waals surface area contributed by atoms with E-state index in [9.17, 15) is 14.7 Å². The Bertz CT molecular complexity index is 883. The molecule has 31 heavy (non-hydrogen) atoms. The Hall–Kier alpha value is -1.26. The van der Waals surface area contributed by atoms with Gasteiger partial charge in [0.1, 0.15) is 18.3 Å². The molecule has 0 aromatic heterocycles. The van der Waals surface area contributed by atoms with Crippen LogP contribution in [0.5, 0.6) is 0 Å². The van der Waals surface area contributed by atoms with Gasteiger partial charge in [-0.3, -0.25) is 4.79 Å². The number of carbonyl (C=O) groups excluding carboxylic acids is 2. The van der Waals surface area contributed by atoms with Crippen molar-refractivity contribution in [3.8, 4) is 0 Å². The van der Waals surface area contributed by atoms with Gasteiger partial charge in [-0.15, -0.1) is 0 Å². The summed E-state index contributed by atoms with van der Waals surface area (Å²) in [5.74, 6) is -1.74. The van der Waals surface area contributed by atoms with Crippen LogP contribution in [0.2, 0.25) is 0 Å². The van der Waals surface area contributed by atoms with Crippen molar-refractivity contribution in [2.45, 2.75) is 82.6 Å². The topological polar surface area (TPSA) is 110 Å². The predicted molar refractivity (Wildman–Crippen MR) is 101 cm³/mol. The Labute approximate surface area is 180 Å². The SMILES string of the molecule is CO[C@H]1[C@@H](O)O[C@H]2OC34C(=O)OC5C[C@@H](C(C)(C)C)C21C53CC1OC(=O)[C@@H](C)[C@@]14OC. The number of hydrogen-bond acceptors (Lipinski definition) is 9. The van der Waals surface area contributed by atoms with Gasteiger partial charge in [0.15, 0.2) is 18.2 Å². The lowest BCUT2D eigenvalue weighted by Crippen LogP contribution is -2.67. The summed E-state index contributed by atoms with van der Waals surface area (Å²) in [4.78, 5) is 26.4. The molecule has 4 aliphatic heterocycles. The number of esters is 2. The molecular formula is C22H30O9. The van der Waals surface area contributed by atoms with Gasteiger partial charge in [0.05, 0.1) is 16.7 Å². The van der Waals surface area contributed by atoms with E-state index in [0.29, 0.717) is 12.8 Å². The molecule has 9 heteroatoms. The van der Waals surface area contributed by atoms with E-state index in [-0.39, 0.29) is 11.3 Å². The van der Waals surface area contributed by atoms with E-state index in [1.54, 1.807) is 14.0 Å². The van der Waals surface area contributed by atoms with Crippen molar-refractivity contribution in [3.05, 3.63) is 0 Å². The van der Waals surface area contributed by atoms with Crippen molar-refractivity contribution < 1.29 is 43.1 Å². The molecule has 5 unspecified atom stereocenters. The summed E-state index contributed by atoms with van der Waals surface area (Å²) < 4.78 is 36.4. The molecule has 172 valence electrons. The third-order valence-electron chi connectivity index (χ3n) is 9.61. The van der Waals surface area contributed by atoms with E-state index in [1.165, 1.54) is 7.11 Å². The van der Waals surface area contributed by atoms with Crippen LogP contribution in [0.25, 0.3) is 0 Å². The Morgan fingerprint density at radius 2 is 1.84 bits per heavy atom. The zero-order valence-corrected chi connectivity index (χ0v) is 18.7. The summed E-state index contributed by atoms with van der Waals surface area (Å²) in [6.07, 6.45) is -3.08. The molecule has 9 nitrogen and oxygen atoms in total. The Kier molecular flexibility index (Phi) is 3.57. The zero-order chi connectivity index (χ0) is 22.4. The van der Waals surface area contributed by atoms with Gasteiger partial charge >= 0.3 is 11.9 Å². The maximum atomic E-state index is 13.7. The standard InChI is InChI=1S/C22H30O9/c1-9-14(23)28-12-8-19-11-7-10(18(2,3)4)20(19)13(26-5)15(24)30-17(20)31-22(19,16(25)29-11)21(9,12)27-6/h9-13,15,17,24H,7-8H2,1-6H3/t9-,10+,11?,12?,13+,15+,17+,19?,20?,21-,22?/m1/s1. The van der Waals surface area contributed by atoms with Crippen molar-refractivity contribution >= 4 is 11.9 Å². The van der Waals surface area contributed by atoms with E-state index >= 15 is 0 Å². The minimum absolute atomic E-state index is 0.0502. The van der Waals surface area contributed by atoms with E-state index in [2.05, 4.69) is 20.8 Å². The molecule has 0 radical (unpaired) electrons. The van der Waals surface area contributed by atoms with Gasteiger partial charge in [0, 0.05) is 20.6 Å². The highest BCUT2D eigenvalue weighted by atomic mass is 16.8. The maximum absolute atomic E-state index is 13.7. The zero-order valence-electron chi connectivity index (χ0n) is 18.7. The summed E-state index contributed by atoms with van der Waals surface area (Å²) in [5, 5.41) is 10.8. The fraction of sp³-hybridized carbons (Fsp3) is 0.909. The fourth-order valence-electron chi connectivity index (χ4n) is 8.91. The molecule has 2 saturated carbocycles. The van der Waals surface area contributed by atoms with Crippen molar-refractivity contribution in [1.82, 2.24) is 0 Å². The molecule has 6 rings (SSSR count). The normalized spacial score (nSPS) is 58.7. The van der Waals surface area contributed by atoms with Gasteiger partial charge < -0.3 is 33.5 Å². The van der Waals surface area contributed by atoms with Gasteiger partial charge in [0.25, 0.3) is 0 Å². The molecule has 6 fully saturated rings. The van der Waals surface area contributed by atoms with Crippen LogP contribution in [-0.2, 0) is 38.0 Å². The molecule has 4 heterocycles. The fourth-order valence-corrected chi connectivity index (χ4v) is 8.91. The summed E-state index contributed by atoms with van der Waals surface area (Å²) in [6, 6.07) is 0. The van der Waals surface area contributed by atoms with Gasteiger partial charge in [-0.2, -0.15) is 0 Å². The third kappa shape index (κ3) is 1.62. The van der Waals surface area contributed by atoms with E-state index < -0.39 is 70.8 Å². The van der Waals surface area contributed by atoms with Crippen LogP contribution in [-0.4, -0.2) is 73.4 Å². The smallest absolute Gasteiger partial charge is 0.342 e. The van der Waals surface area contributed by atoms with E-state index in [4.69, 9.17) is 28.4 Å². The number of methoxy groups -OCH3 is 2. The first-order valence-corrected chi connectivity index (χ1v) is 11.0. The molecule has 2 aliphatic carbocycles. The molecule has 0 bridgehead atoms. The molecule has 0 aromatic carbocycles. The van der Waals surface area contributed by atoms with Crippen LogP contribution < -0.4 is 0 Å². The Morgan fingerprint density at radius 3 is 2.45 bits per heavy atom. The minimum atomic E-state index is -1.59. The number of fused-ring (bicyclic) bond motifs is 1. The maximum Gasteiger partial charge on any atom is 0.342 e. The molecule has 1 N–H and O–H groups in total. The summed E-state index contributed by atoms with van der Waals surface area (Å²) in [6.45, 7) is 8.10. The number of aliphatic hydroxyl groups is 1. The lowest BCUT2D eigenvalue weighted by molar-refractivity contribution is -0.268. The largest absolute Gasteiger partial charge is 0.459 e. The second-order valence-electron chi connectivity index (χ2n) is 11.1. The van der Waals surface area contributed by atoms with E-state index in [1.807, 2.05) is 0 Å². The lowest BCUT2D eigenvalue weighted by atomic mass is 9.51. The number of carbonyl (C=O) groups is 2. The monoisotopic (exact) mass is 438 g/mol. The Morgan fingerprint density at radius 1 is 1.13 bits per heavy atom. The van der Waals surface area contributed by atoms with Crippen molar-refractivity contribution in [2.24, 2.45) is 28.1 Å². The predicted octanol–water partition coefficient (Wildman–Crippen LogP) is 0.760. The minimum Gasteiger partial charge on any atom is -0.459 e. The average molecular weight is 438 g/mol. The third-order valence-corrected chi connectivity index (χ3v) is 9.61. The van der Waals surface area contributed by atoms with Gasteiger partial charge in [-0.1, -0.05) is 20.8 Å². The molecule has 0 amide bonds.